The predicted molar refractivity (Wildman–Crippen MR) is 82.1 cm³/mol. The number of hydrogen-bond acceptors (Lipinski definition) is 3. The molecule has 1 aromatic rings. The zero-order valence-electron chi connectivity index (χ0n) is 12.3. The van der Waals surface area contributed by atoms with Gasteiger partial charge in [0.25, 0.3) is 5.91 Å². The van der Waals surface area contributed by atoms with Gasteiger partial charge in [0.15, 0.2) is 6.10 Å². The van der Waals surface area contributed by atoms with Crippen molar-refractivity contribution in [3.63, 3.8) is 0 Å². The average Bonchev–Trinajstić information content (AvgIpc) is 2.39. The lowest BCUT2D eigenvalue weighted by atomic mass is 10.1. The van der Waals surface area contributed by atoms with Gasteiger partial charge in [-0.3, -0.25) is 4.79 Å². The van der Waals surface area contributed by atoms with Crippen molar-refractivity contribution in [3.8, 4) is 5.75 Å². The summed E-state index contributed by atoms with van der Waals surface area (Å²) in [5.41, 5.74) is 6.42. The molecule has 0 aliphatic heterocycles. The summed E-state index contributed by atoms with van der Waals surface area (Å²) in [6.07, 6.45) is 0.0544. The maximum absolute atomic E-state index is 11.9. The van der Waals surface area contributed by atoms with Gasteiger partial charge in [-0.2, -0.15) is 0 Å². The summed E-state index contributed by atoms with van der Waals surface area (Å²) >= 11 is 6.14. The zero-order chi connectivity index (χ0) is 15.1. The zero-order valence-corrected chi connectivity index (χ0v) is 13.0. The number of hydrogen-bond donors (Lipinski definition) is 2. The van der Waals surface area contributed by atoms with Crippen LogP contribution in [0.25, 0.3) is 0 Å². The van der Waals surface area contributed by atoms with Crippen LogP contribution < -0.4 is 15.8 Å². The number of nitrogens with two attached hydrogens (primary N) is 1. The summed E-state index contributed by atoms with van der Waals surface area (Å²) in [5.74, 6) is 0.901. The maximum atomic E-state index is 11.9. The molecule has 1 aromatic carbocycles. The van der Waals surface area contributed by atoms with Crippen LogP contribution in [0, 0.1) is 5.92 Å². The summed E-state index contributed by atoms with van der Waals surface area (Å²) in [6, 6.07) is 5.41. The molecule has 0 aliphatic rings. The third-order valence-electron chi connectivity index (χ3n) is 2.83. The number of rotatable bonds is 7. The third-order valence-corrected chi connectivity index (χ3v) is 3.18. The van der Waals surface area contributed by atoms with Gasteiger partial charge in [0, 0.05) is 17.1 Å². The SMILES string of the molecule is CC(C)CNC(=O)C(C)Oc1cccc(Cl)c1CCN. The van der Waals surface area contributed by atoms with Gasteiger partial charge in [-0.05, 0) is 37.9 Å². The molecule has 3 N–H and O–H groups in total. The molecule has 0 saturated heterocycles. The van der Waals surface area contributed by atoms with Gasteiger partial charge in [-0.1, -0.05) is 31.5 Å². The summed E-state index contributed by atoms with van der Waals surface area (Å²) in [5, 5.41) is 3.46. The molecule has 5 heteroatoms. The molecular formula is C15H23ClN2O2. The summed E-state index contributed by atoms with van der Waals surface area (Å²) in [7, 11) is 0. The second kappa shape index (κ2) is 8.12. The van der Waals surface area contributed by atoms with E-state index in [0.717, 1.165) is 5.56 Å². The highest BCUT2D eigenvalue weighted by Gasteiger charge is 2.17. The van der Waals surface area contributed by atoms with Crippen molar-refractivity contribution in [2.75, 3.05) is 13.1 Å². The third kappa shape index (κ3) is 5.02. The van der Waals surface area contributed by atoms with Crippen molar-refractivity contribution in [1.82, 2.24) is 5.32 Å². The number of amides is 1. The van der Waals surface area contributed by atoms with Gasteiger partial charge in [0.05, 0.1) is 0 Å². The highest BCUT2D eigenvalue weighted by atomic mass is 35.5. The van der Waals surface area contributed by atoms with E-state index in [1.807, 2.05) is 19.9 Å². The van der Waals surface area contributed by atoms with Crippen LogP contribution in [0.2, 0.25) is 5.02 Å². The molecule has 1 amide bonds. The van der Waals surface area contributed by atoms with Crippen LogP contribution in [0.15, 0.2) is 18.2 Å². The van der Waals surface area contributed by atoms with Crippen LogP contribution in [-0.2, 0) is 11.2 Å². The molecule has 1 rings (SSSR count). The summed E-state index contributed by atoms with van der Waals surface area (Å²) in [6.45, 7) is 6.93. The normalized spacial score (nSPS) is 12.3. The number of carbonyl (C=O) groups is 1. The summed E-state index contributed by atoms with van der Waals surface area (Å²) in [4.78, 5) is 11.9. The molecule has 0 spiro atoms. The van der Waals surface area contributed by atoms with Gasteiger partial charge in [-0.15, -0.1) is 0 Å². The molecule has 0 fully saturated rings. The first-order chi connectivity index (χ1) is 9.45. The quantitative estimate of drug-likeness (QED) is 0.812. The Kier molecular flexibility index (Phi) is 6.82. The predicted octanol–water partition coefficient (Wildman–Crippen LogP) is 2.38. The van der Waals surface area contributed by atoms with Gasteiger partial charge in [0.1, 0.15) is 5.75 Å². The largest absolute Gasteiger partial charge is 0.481 e. The van der Waals surface area contributed by atoms with Crippen molar-refractivity contribution in [2.45, 2.75) is 33.3 Å². The van der Waals surface area contributed by atoms with Crippen LogP contribution in [0.1, 0.15) is 26.3 Å². The standard InChI is InChI=1S/C15H23ClN2O2/c1-10(2)9-18-15(19)11(3)20-14-6-4-5-13(16)12(14)7-8-17/h4-6,10-11H,7-9,17H2,1-3H3,(H,18,19). The summed E-state index contributed by atoms with van der Waals surface area (Å²) < 4.78 is 5.72. The molecule has 0 bridgehead atoms. The van der Waals surface area contributed by atoms with E-state index >= 15 is 0 Å². The number of nitrogens with one attached hydrogen (secondary N) is 1. The smallest absolute Gasteiger partial charge is 0.260 e. The Balaban J connectivity index is 2.72. The fraction of sp³-hybridized carbons (Fsp3) is 0.533. The molecule has 0 heterocycles. The van der Waals surface area contributed by atoms with Crippen molar-refractivity contribution in [1.29, 1.82) is 0 Å². The molecule has 0 radical (unpaired) electrons. The number of ether oxygens (including phenoxy) is 1. The van der Waals surface area contributed by atoms with E-state index in [1.165, 1.54) is 0 Å². The van der Waals surface area contributed by atoms with Crippen molar-refractivity contribution in [2.24, 2.45) is 11.7 Å². The van der Waals surface area contributed by atoms with Crippen LogP contribution in [0.5, 0.6) is 5.75 Å². The molecule has 1 atom stereocenters. The number of carbonyl (C=O) groups excluding carboxylic acids is 1. The Bertz CT molecular complexity index is 449. The molecule has 0 saturated carbocycles. The first kappa shape index (κ1) is 16.8. The van der Waals surface area contributed by atoms with Crippen molar-refractivity contribution in [3.05, 3.63) is 28.8 Å². The molecule has 0 aliphatic carbocycles. The topological polar surface area (TPSA) is 64.3 Å². The van der Waals surface area contributed by atoms with Gasteiger partial charge in [0.2, 0.25) is 0 Å². The second-order valence-corrected chi connectivity index (χ2v) is 5.56. The lowest BCUT2D eigenvalue weighted by Crippen LogP contribution is -2.38. The average molecular weight is 299 g/mol. The first-order valence-corrected chi connectivity index (χ1v) is 7.25. The van der Waals surface area contributed by atoms with E-state index in [1.54, 1.807) is 19.1 Å². The van der Waals surface area contributed by atoms with Gasteiger partial charge in [-0.25, -0.2) is 0 Å². The monoisotopic (exact) mass is 298 g/mol. The molecule has 4 nitrogen and oxygen atoms in total. The van der Waals surface area contributed by atoms with Crippen LogP contribution >= 0.6 is 11.6 Å². The van der Waals surface area contributed by atoms with E-state index in [-0.39, 0.29) is 5.91 Å². The Hall–Kier alpha value is -1.26. The maximum Gasteiger partial charge on any atom is 0.260 e. The lowest BCUT2D eigenvalue weighted by Gasteiger charge is -2.18. The van der Waals surface area contributed by atoms with Crippen LogP contribution in [0.3, 0.4) is 0 Å². The van der Waals surface area contributed by atoms with Gasteiger partial charge >= 0.3 is 0 Å². The van der Waals surface area contributed by atoms with Crippen molar-refractivity contribution >= 4 is 17.5 Å². The molecule has 20 heavy (non-hydrogen) atoms. The fourth-order valence-corrected chi connectivity index (χ4v) is 1.99. The van der Waals surface area contributed by atoms with E-state index in [2.05, 4.69) is 5.32 Å². The minimum absolute atomic E-state index is 0.127. The van der Waals surface area contributed by atoms with E-state index in [0.29, 0.717) is 36.2 Å². The van der Waals surface area contributed by atoms with Crippen LogP contribution in [-0.4, -0.2) is 25.1 Å². The number of halogens is 1. The minimum atomic E-state index is -0.566. The minimum Gasteiger partial charge on any atom is -0.481 e. The van der Waals surface area contributed by atoms with Gasteiger partial charge < -0.3 is 15.8 Å². The highest BCUT2D eigenvalue weighted by molar-refractivity contribution is 6.31. The Morgan fingerprint density at radius 3 is 2.70 bits per heavy atom. The van der Waals surface area contributed by atoms with E-state index in [9.17, 15) is 4.79 Å². The Morgan fingerprint density at radius 1 is 1.40 bits per heavy atom. The molecule has 0 aromatic heterocycles. The van der Waals surface area contributed by atoms with Crippen molar-refractivity contribution < 1.29 is 9.53 Å². The van der Waals surface area contributed by atoms with E-state index < -0.39 is 6.10 Å². The second-order valence-electron chi connectivity index (χ2n) is 5.15. The van der Waals surface area contributed by atoms with E-state index in [4.69, 9.17) is 22.1 Å². The number of benzene rings is 1. The highest BCUT2D eigenvalue weighted by Crippen LogP contribution is 2.27. The molecule has 1 unspecified atom stereocenters. The first-order valence-electron chi connectivity index (χ1n) is 6.87. The molecule has 112 valence electrons. The Labute approximate surface area is 125 Å². The fourth-order valence-electron chi connectivity index (χ4n) is 1.73. The molecular weight excluding hydrogens is 276 g/mol. The van der Waals surface area contributed by atoms with Crippen LogP contribution in [0.4, 0.5) is 0 Å². The lowest BCUT2D eigenvalue weighted by molar-refractivity contribution is -0.127. The Morgan fingerprint density at radius 2 is 2.10 bits per heavy atom.